The van der Waals surface area contributed by atoms with E-state index in [9.17, 15) is 4.79 Å². The fraction of sp³-hybridized carbons (Fsp3) is 0.400. The Labute approximate surface area is 62.0 Å². The highest BCUT2D eigenvalue weighted by Crippen LogP contribution is 1.84. The molecule has 0 aliphatic carbocycles. The number of hydrogen-bond acceptors (Lipinski definition) is 2. The Morgan fingerprint density at radius 3 is 2.88 bits per heavy atom. The van der Waals surface area contributed by atoms with Crippen LogP contribution in [-0.4, -0.2) is 17.0 Å². The molecule has 0 aromatic carbocycles. The summed E-state index contributed by atoms with van der Waals surface area (Å²) in [6, 6.07) is 0. The normalized spacial score (nSPS) is 8.12. The first-order valence-electron chi connectivity index (χ1n) is 2.13. The van der Waals surface area contributed by atoms with Crippen LogP contribution in [0.15, 0.2) is 12.7 Å². The summed E-state index contributed by atoms with van der Waals surface area (Å²) in [5.74, 6) is -0.189. The lowest BCUT2D eigenvalue weighted by Crippen LogP contribution is -2.04. The van der Waals surface area contributed by atoms with Gasteiger partial charge in [-0.05, 0) is 0 Å². The van der Waals surface area contributed by atoms with E-state index in [4.69, 9.17) is 0 Å². The van der Waals surface area contributed by atoms with Gasteiger partial charge in [0.05, 0.1) is 4.43 Å². The molecule has 2 nitrogen and oxygen atoms in total. The van der Waals surface area contributed by atoms with Crippen molar-refractivity contribution >= 4 is 28.6 Å². The van der Waals surface area contributed by atoms with Gasteiger partial charge in [0.15, 0.2) is 0 Å². The van der Waals surface area contributed by atoms with Crippen LogP contribution in [0.5, 0.6) is 0 Å². The summed E-state index contributed by atoms with van der Waals surface area (Å²) in [6.07, 6.45) is 1.55. The summed E-state index contributed by atoms with van der Waals surface area (Å²) in [7, 11) is 0. The molecule has 0 saturated heterocycles. The smallest absolute Gasteiger partial charge is 0.316 e. The van der Waals surface area contributed by atoms with Gasteiger partial charge < -0.3 is 4.74 Å². The molecule has 0 amide bonds. The third-order valence-corrected chi connectivity index (χ3v) is 1.09. The SMILES string of the molecule is C=CCOC(=O)CI. The van der Waals surface area contributed by atoms with E-state index in [1.54, 1.807) is 6.08 Å². The molecule has 3 heteroatoms. The van der Waals surface area contributed by atoms with Crippen molar-refractivity contribution in [2.75, 3.05) is 11.0 Å². The van der Waals surface area contributed by atoms with Gasteiger partial charge in [-0.25, -0.2) is 0 Å². The second kappa shape index (κ2) is 5.08. The minimum Gasteiger partial charge on any atom is -0.461 e. The molecule has 0 aromatic heterocycles. The van der Waals surface area contributed by atoms with Gasteiger partial charge in [0, 0.05) is 0 Å². The van der Waals surface area contributed by atoms with Crippen molar-refractivity contribution in [3.8, 4) is 0 Å². The third kappa shape index (κ3) is 4.11. The highest BCUT2D eigenvalue weighted by molar-refractivity contribution is 14.1. The van der Waals surface area contributed by atoms with Gasteiger partial charge in [-0.1, -0.05) is 35.2 Å². The van der Waals surface area contributed by atoms with Crippen LogP contribution in [0.2, 0.25) is 0 Å². The van der Waals surface area contributed by atoms with E-state index in [0.29, 0.717) is 11.0 Å². The van der Waals surface area contributed by atoms with E-state index in [1.807, 2.05) is 22.6 Å². The van der Waals surface area contributed by atoms with Crippen LogP contribution in [0.4, 0.5) is 0 Å². The Balaban J connectivity index is 3.11. The van der Waals surface area contributed by atoms with Crippen LogP contribution in [0.1, 0.15) is 0 Å². The molecule has 8 heavy (non-hydrogen) atoms. The van der Waals surface area contributed by atoms with Crippen molar-refractivity contribution in [2.24, 2.45) is 0 Å². The Morgan fingerprint density at radius 1 is 1.88 bits per heavy atom. The topological polar surface area (TPSA) is 26.3 Å². The van der Waals surface area contributed by atoms with Crippen LogP contribution in [-0.2, 0) is 9.53 Å². The fourth-order valence-electron chi connectivity index (χ4n) is 0.190. The molecule has 0 heterocycles. The molecule has 0 rings (SSSR count). The maximum Gasteiger partial charge on any atom is 0.316 e. The average Bonchev–Trinajstić information content (AvgIpc) is 1.83. The lowest BCUT2D eigenvalue weighted by Gasteiger charge is -1.94. The first-order valence-corrected chi connectivity index (χ1v) is 3.66. The van der Waals surface area contributed by atoms with E-state index in [-0.39, 0.29) is 5.97 Å². The number of ether oxygens (including phenoxy) is 1. The number of halogens is 1. The minimum atomic E-state index is -0.189. The Morgan fingerprint density at radius 2 is 2.50 bits per heavy atom. The lowest BCUT2D eigenvalue weighted by atomic mass is 10.7. The molecule has 0 radical (unpaired) electrons. The van der Waals surface area contributed by atoms with Gasteiger partial charge >= 0.3 is 5.97 Å². The van der Waals surface area contributed by atoms with E-state index in [0.717, 1.165) is 0 Å². The third-order valence-electron chi connectivity index (χ3n) is 0.471. The molecule has 0 saturated carbocycles. The second-order valence-corrected chi connectivity index (χ2v) is 1.87. The highest BCUT2D eigenvalue weighted by atomic mass is 127. The van der Waals surface area contributed by atoms with Crippen molar-refractivity contribution in [2.45, 2.75) is 0 Å². The number of hydrogen-bond donors (Lipinski definition) is 0. The standard InChI is InChI=1S/C5H7IO2/c1-2-3-8-5(7)4-6/h2H,1,3-4H2. The van der Waals surface area contributed by atoms with Crippen LogP contribution in [0.25, 0.3) is 0 Å². The summed E-state index contributed by atoms with van der Waals surface area (Å²) in [5.41, 5.74) is 0. The Bertz CT molecular complexity index is 90.4. The first-order chi connectivity index (χ1) is 3.81. The Hall–Kier alpha value is -0.0600. The zero-order valence-corrected chi connectivity index (χ0v) is 6.55. The summed E-state index contributed by atoms with van der Waals surface area (Å²) >= 11 is 1.94. The summed E-state index contributed by atoms with van der Waals surface area (Å²) in [6.45, 7) is 3.71. The molecule has 0 aliphatic heterocycles. The molecule has 0 aromatic rings. The predicted molar refractivity (Wildman–Crippen MR) is 40.0 cm³/mol. The molecular weight excluding hydrogens is 219 g/mol. The largest absolute Gasteiger partial charge is 0.461 e. The van der Waals surface area contributed by atoms with Crippen molar-refractivity contribution in [3.63, 3.8) is 0 Å². The number of rotatable bonds is 3. The molecule has 46 valence electrons. The van der Waals surface area contributed by atoms with Crippen LogP contribution in [0, 0.1) is 0 Å². The molecular formula is C5H7IO2. The highest BCUT2D eigenvalue weighted by Gasteiger charge is 1.93. The van der Waals surface area contributed by atoms with Crippen molar-refractivity contribution in [3.05, 3.63) is 12.7 Å². The summed E-state index contributed by atoms with van der Waals surface area (Å²) in [5, 5.41) is 0. The lowest BCUT2D eigenvalue weighted by molar-refractivity contribution is -0.138. The minimum absolute atomic E-state index is 0.189. The zero-order valence-electron chi connectivity index (χ0n) is 4.39. The maximum absolute atomic E-state index is 10.3. The molecule has 0 atom stereocenters. The van der Waals surface area contributed by atoms with Gasteiger partial charge in [-0.2, -0.15) is 0 Å². The quantitative estimate of drug-likeness (QED) is 0.312. The summed E-state index contributed by atoms with van der Waals surface area (Å²) < 4.78 is 4.98. The average molecular weight is 226 g/mol. The number of alkyl halides is 1. The van der Waals surface area contributed by atoms with Crippen LogP contribution in [0.3, 0.4) is 0 Å². The number of carbonyl (C=O) groups is 1. The fourth-order valence-corrected chi connectivity index (χ4v) is 0.411. The van der Waals surface area contributed by atoms with Crippen LogP contribution < -0.4 is 0 Å². The molecule has 0 N–H and O–H groups in total. The summed E-state index contributed by atoms with van der Waals surface area (Å²) in [4.78, 5) is 10.3. The number of carbonyl (C=O) groups excluding carboxylic acids is 1. The van der Waals surface area contributed by atoms with E-state index < -0.39 is 0 Å². The van der Waals surface area contributed by atoms with E-state index in [2.05, 4.69) is 11.3 Å². The molecule has 0 fully saturated rings. The van der Waals surface area contributed by atoms with Crippen molar-refractivity contribution in [1.82, 2.24) is 0 Å². The Kier molecular flexibility index (Phi) is 5.05. The van der Waals surface area contributed by atoms with Crippen LogP contribution >= 0.6 is 22.6 Å². The molecule has 0 spiro atoms. The van der Waals surface area contributed by atoms with Gasteiger partial charge in [0.2, 0.25) is 0 Å². The first kappa shape index (κ1) is 7.94. The van der Waals surface area contributed by atoms with E-state index >= 15 is 0 Å². The van der Waals surface area contributed by atoms with E-state index in [1.165, 1.54) is 0 Å². The van der Waals surface area contributed by atoms with Crippen molar-refractivity contribution < 1.29 is 9.53 Å². The van der Waals surface area contributed by atoms with Gasteiger partial charge in [0.25, 0.3) is 0 Å². The predicted octanol–water partition coefficient (Wildman–Crippen LogP) is 1.15. The zero-order chi connectivity index (χ0) is 6.41. The van der Waals surface area contributed by atoms with Gasteiger partial charge in [0.1, 0.15) is 6.61 Å². The monoisotopic (exact) mass is 226 g/mol. The molecule has 0 unspecified atom stereocenters. The van der Waals surface area contributed by atoms with Gasteiger partial charge in [-0.15, -0.1) is 0 Å². The maximum atomic E-state index is 10.3. The van der Waals surface area contributed by atoms with Crippen molar-refractivity contribution in [1.29, 1.82) is 0 Å². The number of esters is 1. The van der Waals surface area contributed by atoms with Gasteiger partial charge in [-0.3, -0.25) is 4.79 Å². The molecule has 0 aliphatic rings. The second-order valence-electron chi connectivity index (χ2n) is 1.11. The molecule has 0 bridgehead atoms.